The number of carbonyl (C=O) groups is 1. The highest BCUT2D eigenvalue weighted by molar-refractivity contribution is 6.13. The summed E-state index contributed by atoms with van der Waals surface area (Å²) in [5, 5.41) is 21.6. The van der Waals surface area contributed by atoms with Gasteiger partial charge in [-0.05, 0) is 48.0 Å². The van der Waals surface area contributed by atoms with Crippen LogP contribution in [0.5, 0.6) is 5.75 Å². The number of aromatic hydroxyl groups is 1. The summed E-state index contributed by atoms with van der Waals surface area (Å²) in [6, 6.07) is 20.1. The van der Waals surface area contributed by atoms with Gasteiger partial charge in [0.2, 0.25) is 0 Å². The lowest BCUT2D eigenvalue weighted by molar-refractivity contribution is 0.0697. The van der Waals surface area contributed by atoms with Gasteiger partial charge in [0.1, 0.15) is 17.1 Å². The van der Waals surface area contributed by atoms with Crippen LogP contribution in [0.1, 0.15) is 10.4 Å². The molecule has 3 aromatic carbocycles. The number of carboxylic acid groups (broad SMARTS) is 1. The predicted octanol–water partition coefficient (Wildman–Crippen LogP) is 5.12. The molecule has 0 unspecified atom stereocenters. The van der Waals surface area contributed by atoms with Gasteiger partial charge in [-0.25, -0.2) is 4.79 Å². The average molecular weight is 382 g/mol. The van der Waals surface area contributed by atoms with E-state index in [4.69, 9.17) is 4.42 Å². The van der Waals surface area contributed by atoms with Gasteiger partial charge in [-0.1, -0.05) is 24.3 Å². The molecule has 2 aliphatic rings. The second-order valence-corrected chi connectivity index (χ2v) is 6.83. The molecule has 5 nitrogen and oxygen atoms in total. The van der Waals surface area contributed by atoms with Gasteiger partial charge in [0, 0.05) is 33.4 Å². The molecule has 140 valence electrons. The van der Waals surface area contributed by atoms with Gasteiger partial charge in [-0.2, -0.15) is 0 Å². The quantitative estimate of drug-likeness (QED) is 0.327. The zero-order valence-electron chi connectivity index (χ0n) is 15.0. The van der Waals surface area contributed by atoms with E-state index >= 15 is 0 Å². The molecule has 0 amide bonds. The maximum absolute atomic E-state index is 11.9. The minimum absolute atomic E-state index is 0.143. The molecule has 0 spiro atoms. The molecular formula is C24H14O5. The van der Waals surface area contributed by atoms with Crippen molar-refractivity contribution in [3.05, 3.63) is 88.6 Å². The van der Waals surface area contributed by atoms with Crippen LogP contribution in [-0.4, -0.2) is 16.2 Å². The van der Waals surface area contributed by atoms with Crippen LogP contribution < -0.4 is 5.43 Å². The van der Waals surface area contributed by atoms with Gasteiger partial charge in [-0.3, -0.25) is 4.79 Å². The van der Waals surface area contributed by atoms with Gasteiger partial charge in [0.05, 0.1) is 5.56 Å². The third-order valence-corrected chi connectivity index (χ3v) is 5.11. The van der Waals surface area contributed by atoms with Crippen LogP contribution >= 0.6 is 0 Å². The highest BCUT2D eigenvalue weighted by Gasteiger charge is 2.19. The molecule has 3 aromatic rings. The number of phenols is 1. The average Bonchev–Trinajstić information content (AvgIpc) is 2.72. The summed E-state index contributed by atoms with van der Waals surface area (Å²) in [5.74, 6) is -0.422. The zero-order valence-corrected chi connectivity index (χ0v) is 15.0. The Morgan fingerprint density at radius 1 is 0.828 bits per heavy atom. The maximum Gasteiger partial charge on any atom is 0.335 e. The summed E-state index contributed by atoms with van der Waals surface area (Å²) in [6.07, 6.45) is 0. The molecule has 0 radical (unpaired) electrons. The van der Waals surface area contributed by atoms with Crippen LogP contribution in [0.3, 0.4) is 0 Å². The Labute approximate surface area is 164 Å². The Balaban J connectivity index is 1.94. The largest absolute Gasteiger partial charge is 0.507 e. The molecule has 0 aromatic heterocycles. The van der Waals surface area contributed by atoms with E-state index in [0.717, 1.165) is 27.5 Å². The normalized spacial score (nSPS) is 11.3. The van der Waals surface area contributed by atoms with Crippen LogP contribution in [0.4, 0.5) is 0 Å². The molecule has 0 bridgehead atoms. The highest BCUT2D eigenvalue weighted by atomic mass is 16.4. The van der Waals surface area contributed by atoms with Crippen molar-refractivity contribution < 1.29 is 19.4 Å². The summed E-state index contributed by atoms with van der Waals surface area (Å²) in [7, 11) is 0. The molecule has 1 aliphatic carbocycles. The fourth-order valence-electron chi connectivity index (χ4n) is 3.76. The van der Waals surface area contributed by atoms with Crippen LogP contribution in [0, 0.1) is 0 Å². The summed E-state index contributed by atoms with van der Waals surface area (Å²) in [4.78, 5) is 23.2. The van der Waals surface area contributed by atoms with Crippen molar-refractivity contribution in [3.63, 3.8) is 0 Å². The first-order chi connectivity index (χ1) is 14.0. The van der Waals surface area contributed by atoms with E-state index in [2.05, 4.69) is 0 Å². The number of hydrogen-bond acceptors (Lipinski definition) is 4. The monoisotopic (exact) mass is 382 g/mol. The first-order valence-corrected chi connectivity index (χ1v) is 8.98. The van der Waals surface area contributed by atoms with Gasteiger partial charge in [0.25, 0.3) is 0 Å². The molecule has 5 rings (SSSR count). The van der Waals surface area contributed by atoms with E-state index in [1.165, 1.54) is 12.1 Å². The molecular weight excluding hydrogens is 368 g/mol. The van der Waals surface area contributed by atoms with Crippen molar-refractivity contribution in [3.8, 4) is 28.2 Å². The van der Waals surface area contributed by atoms with Crippen LogP contribution in [0.15, 0.2) is 82.0 Å². The molecule has 0 saturated carbocycles. The van der Waals surface area contributed by atoms with E-state index in [9.17, 15) is 19.8 Å². The minimum atomic E-state index is -0.994. The molecule has 5 heteroatoms. The molecule has 1 heterocycles. The number of phenolic OH excluding ortho intramolecular Hbond substituents is 1. The SMILES string of the molecule is O=C(O)c1ccc(-c2c3ccc(=O)cc-3oc3c2ccc2c(O)cccc23)cc1. The van der Waals surface area contributed by atoms with Gasteiger partial charge in [-0.15, -0.1) is 0 Å². The molecule has 29 heavy (non-hydrogen) atoms. The Kier molecular flexibility index (Phi) is 3.64. The van der Waals surface area contributed by atoms with Crippen molar-refractivity contribution in [1.29, 1.82) is 0 Å². The van der Waals surface area contributed by atoms with Crippen molar-refractivity contribution in [2.24, 2.45) is 0 Å². The topological polar surface area (TPSA) is 87.7 Å². The van der Waals surface area contributed by atoms with E-state index < -0.39 is 5.97 Å². The molecule has 0 saturated heterocycles. The number of aromatic carboxylic acids is 1. The summed E-state index contributed by atoms with van der Waals surface area (Å²) < 4.78 is 6.11. The molecule has 0 atom stereocenters. The highest BCUT2D eigenvalue weighted by Crippen LogP contribution is 2.42. The fourth-order valence-corrected chi connectivity index (χ4v) is 3.76. The number of benzene rings is 4. The van der Waals surface area contributed by atoms with Crippen molar-refractivity contribution in [2.45, 2.75) is 0 Å². The number of rotatable bonds is 2. The third kappa shape index (κ3) is 2.63. The molecule has 0 fully saturated rings. The predicted molar refractivity (Wildman–Crippen MR) is 111 cm³/mol. The zero-order chi connectivity index (χ0) is 20.1. The lowest BCUT2D eigenvalue weighted by Gasteiger charge is -2.16. The standard InChI is InChI=1S/C24H14O5/c25-15-8-9-18-21(12-15)29-23-17-2-1-3-20(26)16(17)10-11-19(23)22(18)13-4-6-14(7-5-13)24(27)28/h1-12,26H,(H,27,28). The van der Waals surface area contributed by atoms with Crippen molar-refractivity contribution in [2.75, 3.05) is 0 Å². The Bertz CT molecular complexity index is 1440. The maximum atomic E-state index is 11.9. The number of fused-ring (bicyclic) bond motifs is 4. The van der Waals surface area contributed by atoms with Gasteiger partial charge >= 0.3 is 5.97 Å². The number of hydrogen-bond donors (Lipinski definition) is 2. The van der Waals surface area contributed by atoms with E-state index in [0.29, 0.717) is 16.7 Å². The van der Waals surface area contributed by atoms with Crippen LogP contribution in [-0.2, 0) is 0 Å². The fraction of sp³-hybridized carbons (Fsp3) is 0. The van der Waals surface area contributed by atoms with E-state index in [-0.39, 0.29) is 16.7 Å². The Morgan fingerprint density at radius 3 is 2.34 bits per heavy atom. The summed E-state index contributed by atoms with van der Waals surface area (Å²) in [6.45, 7) is 0. The lowest BCUT2D eigenvalue weighted by Crippen LogP contribution is -2.00. The van der Waals surface area contributed by atoms with Crippen molar-refractivity contribution >= 4 is 27.7 Å². The van der Waals surface area contributed by atoms with Gasteiger partial charge < -0.3 is 14.6 Å². The minimum Gasteiger partial charge on any atom is -0.507 e. The first kappa shape index (κ1) is 17.0. The number of carboxylic acids is 1. The van der Waals surface area contributed by atoms with E-state index in [1.54, 1.807) is 42.5 Å². The lowest BCUT2D eigenvalue weighted by atomic mass is 9.92. The smallest absolute Gasteiger partial charge is 0.335 e. The van der Waals surface area contributed by atoms with E-state index in [1.807, 2.05) is 18.2 Å². The third-order valence-electron chi connectivity index (χ3n) is 5.11. The Morgan fingerprint density at radius 2 is 1.59 bits per heavy atom. The van der Waals surface area contributed by atoms with Crippen LogP contribution in [0.25, 0.3) is 44.2 Å². The summed E-state index contributed by atoms with van der Waals surface area (Å²) in [5.41, 5.74) is 2.96. The second kappa shape index (κ2) is 6.21. The van der Waals surface area contributed by atoms with Gasteiger partial charge in [0.15, 0.2) is 5.43 Å². The van der Waals surface area contributed by atoms with Crippen molar-refractivity contribution in [1.82, 2.24) is 0 Å². The molecule has 1 aliphatic heterocycles. The van der Waals surface area contributed by atoms with Crippen LogP contribution in [0.2, 0.25) is 0 Å². The Hall–Kier alpha value is -4.12. The second-order valence-electron chi connectivity index (χ2n) is 6.83. The molecule has 2 N–H and O–H groups in total. The summed E-state index contributed by atoms with van der Waals surface area (Å²) >= 11 is 0. The first-order valence-electron chi connectivity index (χ1n) is 8.98.